The van der Waals surface area contributed by atoms with Gasteiger partial charge in [0, 0.05) is 23.9 Å². The largest absolute Gasteiger partial charge is 0.223 e. The number of fused-ring (bicyclic) bond motifs is 1. The molecular weight excluding hydrogens is 230 g/mol. The van der Waals surface area contributed by atoms with Crippen molar-refractivity contribution in [3.8, 4) is 0 Å². The lowest BCUT2D eigenvalue weighted by Gasteiger charge is -2.05. The van der Waals surface area contributed by atoms with E-state index in [1.165, 1.54) is 0 Å². The molecule has 80 valence electrons. The van der Waals surface area contributed by atoms with Crippen LogP contribution in [0.25, 0.3) is 5.65 Å². The average molecular weight is 242 g/mol. The van der Waals surface area contributed by atoms with Crippen LogP contribution in [-0.2, 0) is 0 Å². The molecule has 0 bridgehead atoms. The van der Waals surface area contributed by atoms with Crippen molar-refractivity contribution in [2.75, 3.05) is 11.6 Å². The van der Waals surface area contributed by atoms with Crippen molar-refractivity contribution in [2.45, 2.75) is 11.9 Å². The summed E-state index contributed by atoms with van der Waals surface area (Å²) >= 11 is 7.48. The Morgan fingerprint density at radius 1 is 1.53 bits per heavy atom. The molecule has 0 amide bonds. The van der Waals surface area contributed by atoms with E-state index in [0.29, 0.717) is 11.8 Å². The molecule has 0 radical (unpaired) electrons. The van der Waals surface area contributed by atoms with Gasteiger partial charge in [0.1, 0.15) is 5.03 Å². The summed E-state index contributed by atoms with van der Waals surface area (Å²) in [5.41, 5.74) is 0.888. The van der Waals surface area contributed by atoms with Gasteiger partial charge in [0.25, 0.3) is 0 Å². The van der Waals surface area contributed by atoms with E-state index >= 15 is 0 Å². The van der Waals surface area contributed by atoms with Crippen molar-refractivity contribution in [3.63, 3.8) is 0 Å². The highest BCUT2D eigenvalue weighted by Gasteiger charge is 2.03. The molecule has 0 aromatic carbocycles. The molecule has 1 unspecified atom stereocenters. The molecule has 0 saturated carbocycles. The number of rotatable bonds is 4. The van der Waals surface area contributed by atoms with Crippen LogP contribution in [0.5, 0.6) is 0 Å². The molecular formula is C10H12ClN3S. The maximum absolute atomic E-state index is 5.75. The van der Waals surface area contributed by atoms with Gasteiger partial charge in [0.15, 0.2) is 5.65 Å². The lowest BCUT2D eigenvalue weighted by molar-refractivity contribution is 0.758. The third-order valence-corrected chi connectivity index (χ3v) is 3.80. The van der Waals surface area contributed by atoms with Gasteiger partial charge in [-0.15, -0.1) is 23.4 Å². The fourth-order valence-corrected chi connectivity index (χ4v) is 2.27. The molecule has 3 nitrogen and oxygen atoms in total. The SMILES string of the molecule is CC(CCl)CSc1ccn2nccc2n1. The molecule has 2 aromatic heterocycles. The van der Waals surface area contributed by atoms with Crippen LogP contribution in [0.3, 0.4) is 0 Å². The Labute approximate surface area is 97.8 Å². The summed E-state index contributed by atoms with van der Waals surface area (Å²) in [5, 5.41) is 5.12. The van der Waals surface area contributed by atoms with E-state index in [1.807, 2.05) is 18.3 Å². The summed E-state index contributed by atoms with van der Waals surface area (Å²) in [6.07, 6.45) is 3.67. The van der Waals surface area contributed by atoms with Gasteiger partial charge in [-0.25, -0.2) is 9.50 Å². The minimum atomic E-state index is 0.514. The highest BCUT2D eigenvalue weighted by atomic mass is 35.5. The van der Waals surface area contributed by atoms with E-state index in [2.05, 4.69) is 17.0 Å². The lowest BCUT2D eigenvalue weighted by Crippen LogP contribution is -2.00. The number of hydrogen-bond donors (Lipinski definition) is 0. The van der Waals surface area contributed by atoms with Crippen LogP contribution >= 0.6 is 23.4 Å². The summed E-state index contributed by atoms with van der Waals surface area (Å²) in [6.45, 7) is 2.14. The van der Waals surface area contributed by atoms with Crippen molar-refractivity contribution in [2.24, 2.45) is 5.92 Å². The summed E-state index contributed by atoms with van der Waals surface area (Å²) in [4.78, 5) is 4.46. The van der Waals surface area contributed by atoms with Gasteiger partial charge >= 0.3 is 0 Å². The van der Waals surface area contributed by atoms with E-state index < -0.39 is 0 Å². The molecule has 2 aromatic rings. The Bertz CT molecular complexity index is 443. The summed E-state index contributed by atoms with van der Waals surface area (Å²) in [7, 11) is 0. The zero-order valence-corrected chi connectivity index (χ0v) is 10.0. The standard InChI is InChI=1S/C10H12ClN3S/c1-8(6-11)7-15-10-3-5-14-9(13-10)2-4-12-14/h2-5,8H,6-7H2,1H3. The average Bonchev–Trinajstić information content (AvgIpc) is 2.72. The van der Waals surface area contributed by atoms with Gasteiger partial charge in [0.2, 0.25) is 0 Å². The van der Waals surface area contributed by atoms with Gasteiger partial charge in [-0.05, 0) is 12.0 Å². The van der Waals surface area contributed by atoms with Crippen molar-refractivity contribution in [1.82, 2.24) is 14.6 Å². The number of hydrogen-bond acceptors (Lipinski definition) is 3. The Balaban J connectivity index is 2.08. The zero-order valence-electron chi connectivity index (χ0n) is 8.43. The van der Waals surface area contributed by atoms with Crippen LogP contribution in [0.4, 0.5) is 0 Å². The van der Waals surface area contributed by atoms with Gasteiger partial charge in [-0.1, -0.05) is 6.92 Å². The number of thioether (sulfide) groups is 1. The first-order valence-corrected chi connectivity index (χ1v) is 6.31. The third kappa shape index (κ3) is 2.63. The van der Waals surface area contributed by atoms with E-state index in [4.69, 9.17) is 11.6 Å². The maximum atomic E-state index is 5.75. The molecule has 5 heteroatoms. The fourth-order valence-electron chi connectivity index (χ4n) is 1.15. The monoisotopic (exact) mass is 241 g/mol. The van der Waals surface area contributed by atoms with Crippen LogP contribution in [0.15, 0.2) is 29.6 Å². The number of alkyl halides is 1. The first kappa shape index (κ1) is 10.8. The van der Waals surface area contributed by atoms with Crippen molar-refractivity contribution in [3.05, 3.63) is 24.5 Å². The number of aromatic nitrogens is 3. The van der Waals surface area contributed by atoms with Crippen LogP contribution in [-0.4, -0.2) is 26.2 Å². The predicted molar refractivity (Wildman–Crippen MR) is 63.6 cm³/mol. The second kappa shape index (κ2) is 4.86. The Morgan fingerprint density at radius 3 is 3.20 bits per heavy atom. The predicted octanol–water partition coefficient (Wildman–Crippen LogP) is 2.70. The second-order valence-corrected chi connectivity index (χ2v) is 4.82. The quantitative estimate of drug-likeness (QED) is 0.468. The summed E-state index contributed by atoms with van der Waals surface area (Å²) < 4.78 is 1.76. The van der Waals surface area contributed by atoms with Gasteiger partial charge in [-0.2, -0.15) is 5.10 Å². The lowest BCUT2D eigenvalue weighted by atomic mass is 10.3. The van der Waals surface area contributed by atoms with E-state index in [9.17, 15) is 0 Å². The molecule has 0 aliphatic carbocycles. The first-order valence-electron chi connectivity index (χ1n) is 4.79. The van der Waals surface area contributed by atoms with Gasteiger partial charge in [0.05, 0.1) is 6.20 Å². The van der Waals surface area contributed by atoms with Crippen LogP contribution < -0.4 is 0 Å². The van der Waals surface area contributed by atoms with Crippen LogP contribution in [0.2, 0.25) is 0 Å². The van der Waals surface area contributed by atoms with Crippen molar-refractivity contribution in [1.29, 1.82) is 0 Å². The molecule has 1 atom stereocenters. The van der Waals surface area contributed by atoms with Gasteiger partial charge in [-0.3, -0.25) is 0 Å². The number of nitrogens with zero attached hydrogens (tertiary/aromatic N) is 3. The molecule has 0 N–H and O–H groups in total. The topological polar surface area (TPSA) is 30.2 Å². The zero-order chi connectivity index (χ0) is 10.7. The second-order valence-electron chi connectivity index (χ2n) is 3.47. The smallest absolute Gasteiger partial charge is 0.156 e. The molecule has 0 spiro atoms. The minimum Gasteiger partial charge on any atom is -0.223 e. The van der Waals surface area contributed by atoms with E-state index in [0.717, 1.165) is 16.4 Å². The Kier molecular flexibility index (Phi) is 3.49. The van der Waals surface area contributed by atoms with Crippen molar-refractivity contribution >= 4 is 29.0 Å². The first-order chi connectivity index (χ1) is 7.29. The minimum absolute atomic E-state index is 0.514. The Hall–Kier alpha value is -0.740. The molecule has 0 saturated heterocycles. The van der Waals surface area contributed by atoms with Gasteiger partial charge < -0.3 is 0 Å². The van der Waals surface area contributed by atoms with Crippen molar-refractivity contribution < 1.29 is 0 Å². The summed E-state index contributed by atoms with van der Waals surface area (Å²) in [6, 6.07) is 3.88. The molecule has 0 fully saturated rings. The number of halogens is 1. The van der Waals surface area contributed by atoms with E-state index in [-0.39, 0.29) is 0 Å². The molecule has 0 aliphatic rings. The highest BCUT2D eigenvalue weighted by Crippen LogP contribution is 2.19. The normalized spacial score (nSPS) is 13.2. The molecule has 15 heavy (non-hydrogen) atoms. The van der Waals surface area contributed by atoms with E-state index in [1.54, 1.807) is 22.5 Å². The van der Waals surface area contributed by atoms with Crippen LogP contribution in [0, 0.1) is 5.92 Å². The maximum Gasteiger partial charge on any atom is 0.156 e. The fraction of sp³-hybridized carbons (Fsp3) is 0.400. The molecule has 2 rings (SSSR count). The third-order valence-electron chi connectivity index (χ3n) is 2.01. The highest BCUT2D eigenvalue weighted by molar-refractivity contribution is 7.99. The molecule has 0 aliphatic heterocycles. The Morgan fingerprint density at radius 2 is 2.40 bits per heavy atom. The molecule has 2 heterocycles. The van der Waals surface area contributed by atoms with Crippen LogP contribution in [0.1, 0.15) is 6.92 Å². The summed E-state index contributed by atoms with van der Waals surface area (Å²) in [5.74, 6) is 2.21.